The topological polar surface area (TPSA) is 87.4 Å². The largest absolute Gasteiger partial charge is 0.424 e. The number of hydrogen-bond donors (Lipinski definition) is 3. The third-order valence-corrected chi connectivity index (χ3v) is 3.04. The third kappa shape index (κ3) is 2.85. The standard InChI is InChI=1S/C15H13N3O3/c19-14(18-20)11-6-7-13-12(8-11)17-15(21-13)16-9-10-4-2-1-3-5-10/h1-8,20H,9H2,(H,16,17)(H,18,19). The van der Waals surface area contributed by atoms with Crippen LogP contribution in [0, 0.1) is 0 Å². The minimum Gasteiger partial charge on any atom is -0.424 e. The second-order valence-corrected chi connectivity index (χ2v) is 4.48. The molecule has 21 heavy (non-hydrogen) atoms. The third-order valence-electron chi connectivity index (χ3n) is 3.04. The highest BCUT2D eigenvalue weighted by Crippen LogP contribution is 2.20. The van der Waals surface area contributed by atoms with E-state index < -0.39 is 5.91 Å². The quantitative estimate of drug-likeness (QED) is 0.506. The summed E-state index contributed by atoms with van der Waals surface area (Å²) in [6.07, 6.45) is 0. The number of benzene rings is 2. The van der Waals surface area contributed by atoms with Crippen molar-refractivity contribution in [2.45, 2.75) is 6.54 Å². The van der Waals surface area contributed by atoms with Crippen LogP contribution >= 0.6 is 0 Å². The molecule has 6 nitrogen and oxygen atoms in total. The fourth-order valence-electron chi connectivity index (χ4n) is 1.98. The van der Waals surface area contributed by atoms with Gasteiger partial charge in [0.05, 0.1) is 0 Å². The summed E-state index contributed by atoms with van der Waals surface area (Å²) in [4.78, 5) is 15.6. The second-order valence-electron chi connectivity index (χ2n) is 4.48. The van der Waals surface area contributed by atoms with Gasteiger partial charge >= 0.3 is 0 Å². The van der Waals surface area contributed by atoms with Crippen molar-refractivity contribution in [1.82, 2.24) is 10.5 Å². The molecule has 0 spiro atoms. The lowest BCUT2D eigenvalue weighted by Gasteiger charge is -2.00. The van der Waals surface area contributed by atoms with Crippen LogP contribution in [0.1, 0.15) is 15.9 Å². The number of nitrogens with one attached hydrogen (secondary N) is 2. The van der Waals surface area contributed by atoms with Crippen LogP contribution in [0.25, 0.3) is 11.1 Å². The summed E-state index contributed by atoms with van der Waals surface area (Å²) in [6, 6.07) is 15.0. The number of fused-ring (bicyclic) bond motifs is 1. The number of amides is 1. The molecule has 0 fully saturated rings. The molecule has 0 aliphatic carbocycles. The Labute approximate surface area is 120 Å². The van der Waals surface area contributed by atoms with Gasteiger partial charge in [0.25, 0.3) is 11.9 Å². The zero-order valence-corrected chi connectivity index (χ0v) is 11.0. The van der Waals surface area contributed by atoms with Crippen LogP contribution in [-0.4, -0.2) is 16.1 Å². The van der Waals surface area contributed by atoms with E-state index in [4.69, 9.17) is 9.62 Å². The Bertz CT molecular complexity index is 768. The summed E-state index contributed by atoms with van der Waals surface area (Å²) >= 11 is 0. The number of oxazole rings is 1. The van der Waals surface area contributed by atoms with Gasteiger partial charge in [-0.15, -0.1) is 0 Å². The van der Waals surface area contributed by atoms with Gasteiger partial charge < -0.3 is 9.73 Å². The van der Waals surface area contributed by atoms with Crippen LogP contribution in [0.15, 0.2) is 52.9 Å². The first-order chi connectivity index (χ1) is 10.3. The average Bonchev–Trinajstić information content (AvgIpc) is 2.95. The lowest BCUT2D eigenvalue weighted by atomic mass is 10.2. The van der Waals surface area contributed by atoms with Crippen LogP contribution < -0.4 is 10.8 Å². The number of carbonyl (C=O) groups excluding carboxylic acids is 1. The number of carbonyl (C=O) groups is 1. The Morgan fingerprint density at radius 2 is 2.00 bits per heavy atom. The van der Waals surface area contributed by atoms with Crippen LogP contribution in [0.5, 0.6) is 0 Å². The Balaban J connectivity index is 1.79. The molecule has 2 aromatic carbocycles. The summed E-state index contributed by atoms with van der Waals surface area (Å²) in [5, 5.41) is 11.7. The van der Waals surface area contributed by atoms with Gasteiger partial charge in [0.1, 0.15) is 5.52 Å². The van der Waals surface area contributed by atoms with E-state index in [1.807, 2.05) is 30.3 Å². The molecule has 0 aliphatic rings. The van der Waals surface area contributed by atoms with E-state index in [1.165, 1.54) is 0 Å². The van der Waals surface area contributed by atoms with Crippen molar-refractivity contribution in [3.63, 3.8) is 0 Å². The molecule has 3 aromatic rings. The van der Waals surface area contributed by atoms with E-state index in [2.05, 4.69) is 10.3 Å². The Hall–Kier alpha value is -2.86. The summed E-state index contributed by atoms with van der Waals surface area (Å²) in [7, 11) is 0. The van der Waals surface area contributed by atoms with E-state index in [0.29, 0.717) is 29.2 Å². The van der Waals surface area contributed by atoms with Crippen molar-refractivity contribution in [2.75, 3.05) is 5.32 Å². The number of nitrogens with zero attached hydrogens (tertiary/aromatic N) is 1. The summed E-state index contributed by atoms with van der Waals surface area (Å²) < 4.78 is 5.54. The monoisotopic (exact) mass is 283 g/mol. The van der Waals surface area contributed by atoms with Gasteiger partial charge in [-0.3, -0.25) is 10.0 Å². The molecule has 1 heterocycles. The summed E-state index contributed by atoms with van der Waals surface area (Å²) in [6.45, 7) is 0.595. The van der Waals surface area contributed by atoms with Crippen LogP contribution in [0.3, 0.4) is 0 Å². The Morgan fingerprint density at radius 3 is 2.76 bits per heavy atom. The first-order valence-electron chi connectivity index (χ1n) is 6.39. The molecule has 1 amide bonds. The van der Waals surface area contributed by atoms with Crippen LogP contribution in [0.4, 0.5) is 6.01 Å². The molecular formula is C15H13N3O3. The van der Waals surface area contributed by atoms with Crippen LogP contribution in [0.2, 0.25) is 0 Å². The average molecular weight is 283 g/mol. The molecule has 0 saturated carbocycles. The van der Waals surface area contributed by atoms with Gasteiger partial charge in [0.2, 0.25) is 0 Å². The molecule has 0 atom stereocenters. The van der Waals surface area contributed by atoms with Gasteiger partial charge in [0, 0.05) is 12.1 Å². The van der Waals surface area contributed by atoms with Crippen molar-refractivity contribution in [3.8, 4) is 0 Å². The molecule has 0 saturated heterocycles. The smallest absolute Gasteiger partial charge is 0.295 e. The number of anilines is 1. The van der Waals surface area contributed by atoms with Gasteiger partial charge in [-0.25, -0.2) is 5.48 Å². The van der Waals surface area contributed by atoms with Crippen molar-refractivity contribution >= 4 is 23.0 Å². The maximum absolute atomic E-state index is 11.3. The summed E-state index contributed by atoms with van der Waals surface area (Å²) in [5.74, 6) is -0.585. The SMILES string of the molecule is O=C(NO)c1ccc2oc(NCc3ccccc3)nc2c1. The van der Waals surface area contributed by atoms with E-state index in [9.17, 15) is 4.79 Å². The number of rotatable bonds is 4. The Kier molecular flexibility index (Phi) is 3.53. The van der Waals surface area contributed by atoms with Crippen molar-refractivity contribution < 1.29 is 14.4 Å². The highest BCUT2D eigenvalue weighted by Gasteiger charge is 2.10. The molecule has 0 aliphatic heterocycles. The van der Waals surface area contributed by atoms with Crippen molar-refractivity contribution in [3.05, 3.63) is 59.7 Å². The number of aromatic nitrogens is 1. The molecular weight excluding hydrogens is 270 g/mol. The van der Waals surface area contributed by atoms with Crippen molar-refractivity contribution in [2.24, 2.45) is 0 Å². The molecule has 1 aromatic heterocycles. The molecule has 6 heteroatoms. The van der Waals surface area contributed by atoms with Gasteiger partial charge in [0.15, 0.2) is 5.58 Å². The molecule has 106 valence electrons. The Morgan fingerprint density at radius 1 is 1.19 bits per heavy atom. The predicted octanol–water partition coefficient (Wildman–Crippen LogP) is 2.56. The van der Waals surface area contributed by atoms with Crippen molar-refractivity contribution in [1.29, 1.82) is 0 Å². The second kappa shape index (κ2) is 5.64. The highest BCUT2D eigenvalue weighted by molar-refractivity contribution is 5.96. The maximum atomic E-state index is 11.3. The lowest BCUT2D eigenvalue weighted by molar-refractivity contribution is 0.0706. The predicted molar refractivity (Wildman–Crippen MR) is 77.0 cm³/mol. The molecule has 0 bridgehead atoms. The van der Waals surface area contributed by atoms with E-state index >= 15 is 0 Å². The maximum Gasteiger partial charge on any atom is 0.295 e. The fraction of sp³-hybridized carbons (Fsp3) is 0.0667. The first kappa shape index (κ1) is 13.1. The summed E-state index contributed by atoms with van der Waals surface area (Å²) in [5.41, 5.74) is 4.13. The lowest BCUT2D eigenvalue weighted by Crippen LogP contribution is -2.18. The van der Waals surface area contributed by atoms with E-state index in [1.54, 1.807) is 23.7 Å². The van der Waals surface area contributed by atoms with E-state index in [0.717, 1.165) is 5.56 Å². The molecule has 3 rings (SSSR count). The van der Waals surface area contributed by atoms with Gasteiger partial charge in [-0.2, -0.15) is 4.98 Å². The zero-order chi connectivity index (χ0) is 14.7. The van der Waals surface area contributed by atoms with Crippen LogP contribution in [-0.2, 0) is 6.54 Å². The minimum atomic E-state index is -0.585. The normalized spacial score (nSPS) is 10.5. The van der Waals surface area contributed by atoms with Gasteiger partial charge in [-0.1, -0.05) is 30.3 Å². The molecule has 0 radical (unpaired) electrons. The number of hydroxylamine groups is 1. The minimum absolute atomic E-state index is 0.313. The molecule has 0 unspecified atom stereocenters. The van der Waals surface area contributed by atoms with Gasteiger partial charge in [-0.05, 0) is 23.8 Å². The highest BCUT2D eigenvalue weighted by atomic mass is 16.5. The first-order valence-corrected chi connectivity index (χ1v) is 6.39. The van der Waals surface area contributed by atoms with E-state index in [-0.39, 0.29) is 0 Å². The molecule has 3 N–H and O–H groups in total. The zero-order valence-electron chi connectivity index (χ0n) is 11.0. The fourth-order valence-corrected chi connectivity index (χ4v) is 1.98. The number of hydrogen-bond acceptors (Lipinski definition) is 5.